The highest BCUT2D eigenvalue weighted by molar-refractivity contribution is 5.27. The largest absolute Gasteiger partial charge is 0.379 e. The molecule has 1 aromatic carbocycles. The third kappa shape index (κ3) is 3.65. The molecule has 2 rings (SSSR count). The van der Waals surface area contributed by atoms with Crippen LogP contribution in [-0.4, -0.2) is 49.8 Å². The average Bonchev–Trinajstić information content (AvgIpc) is 2.54. The van der Waals surface area contributed by atoms with Crippen LogP contribution >= 0.6 is 0 Å². The van der Waals surface area contributed by atoms with Crippen molar-refractivity contribution in [3.8, 4) is 0 Å². The maximum Gasteiger partial charge on any atom is 0.0594 e. The van der Waals surface area contributed by atoms with Gasteiger partial charge in [0.1, 0.15) is 0 Å². The minimum Gasteiger partial charge on any atom is -0.379 e. The van der Waals surface area contributed by atoms with E-state index in [9.17, 15) is 0 Å². The number of nitrogens with zero attached hydrogens (tertiary/aromatic N) is 1. The molecule has 1 aliphatic heterocycles. The van der Waals surface area contributed by atoms with Crippen LogP contribution in [0.4, 0.5) is 0 Å². The summed E-state index contributed by atoms with van der Waals surface area (Å²) in [4.78, 5) is 2.61. The number of benzene rings is 1. The van der Waals surface area contributed by atoms with Crippen molar-refractivity contribution in [3.63, 3.8) is 0 Å². The van der Waals surface area contributed by atoms with E-state index in [1.54, 1.807) is 0 Å². The summed E-state index contributed by atoms with van der Waals surface area (Å²) in [6.07, 6.45) is 2.22. The molecule has 21 heavy (non-hydrogen) atoms. The van der Waals surface area contributed by atoms with Gasteiger partial charge in [-0.25, -0.2) is 0 Å². The zero-order valence-electron chi connectivity index (χ0n) is 14.0. The predicted octanol–water partition coefficient (Wildman–Crippen LogP) is 2.63. The summed E-state index contributed by atoms with van der Waals surface area (Å²) in [5, 5.41) is 3.58. The second-order valence-corrected chi connectivity index (χ2v) is 6.28. The van der Waals surface area contributed by atoms with Crippen molar-refractivity contribution in [1.29, 1.82) is 0 Å². The molecule has 0 radical (unpaired) electrons. The van der Waals surface area contributed by atoms with Crippen molar-refractivity contribution in [2.75, 3.05) is 33.4 Å². The van der Waals surface area contributed by atoms with Gasteiger partial charge < -0.3 is 10.1 Å². The van der Waals surface area contributed by atoms with E-state index >= 15 is 0 Å². The Labute approximate surface area is 129 Å². The standard InChI is InChI=1S/C18H30N2O/c1-5-18(3,20-10-12-21-13-11-20)17(19-4)14-16-9-7-6-8-15(16)2/h6-9,17,19H,5,10-14H2,1-4H3. The molecule has 0 aromatic heterocycles. The van der Waals surface area contributed by atoms with Gasteiger partial charge in [-0.2, -0.15) is 0 Å². The fourth-order valence-electron chi connectivity index (χ4n) is 3.46. The van der Waals surface area contributed by atoms with Gasteiger partial charge in [0, 0.05) is 24.7 Å². The van der Waals surface area contributed by atoms with Crippen molar-refractivity contribution in [2.45, 2.75) is 45.2 Å². The summed E-state index contributed by atoms with van der Waals surface area (Å²) in [5.74, 6) is 0. The summed E-state index contributed by atoms with van der Waals surface area (Å²) >= 11 is 0. The van der Waals surface area contributed by atoms with E-state index < -0.39 is 0 Å². The first-order valence-electron chi connectivity index (χ1n) is 8.16. The number of aryl methyl sites for hydroxylation is 1. The molecule has 2 unspecified atom stereocenters. The molecule has 2 atom stereocenters. The minimum absolute atomic E-state index is 0.167. The van der Waals surface area contributed by atoms with Gasteiger partial charge in [0.15, 0.2) is 0 Å². The van der Waals surface area contributed by atoms with Crippen LogP contribution in [0, 0.1) is 6.92 Å². The molecule has 0 amide bonds. The van der Waals surface area contributed by atoms with Crippen LogP contribution in [0.5, 0.6) is 0 Å². The Morgan fingerprint density at radius 1 is 1.29 bits per heavy atom. The van der Waals surface area contributed by atoms with Crippen LogP contribution in [0.25, 0.3) is 0 Å². The molecule has 1 N–H and O–H groups in total. The minimum atomic E-state index is 0.167. The molecule has 118 valence electrons. The van der Waals surface area contributed by atoms with Gasteiger partial charge in [-0.3, -0.25) is 4.90 Å². The molecule has 1 heterocycles. The fraction of sp³-hybridized carbons (Fsp3) is 0.667. The summed E-state index contributed by atoms with van der Waals surface area (Å²) < 4.78 is 5.53. The van der Waals surface area contributed by atoms with Crippen LogP contribution < -0.4 is 5.32 Å². The van der Waals surface area contributed by atoms with Crippen LogP contribution in [0.15, 0.2) is 24.3 Å². The Hall–Kier alpha value is -0.900. The molecule has 3 heteroatoms. The summed E-state index contributed by atoms with van der Waals surface area (Å²) in [6.45, 7) is 10.7. The van der Waals surface area contributed by atoms with E-state index in [-0.39, 0.29) is 5.54 Å². The van der Waals surface area contributed by atoms with Gasteiger partial charge in [0.25, 0.3) is 0 Å². The monoisotopic (exact) mass is 290 g/mol. The number of ether oxygens (including phenoxy) is 1. The zero-order valence-corrected chi connectivity index (χ0v) is 14.0. The van der Waals surface area contributed by atoms with E-state index in [2.05, 4.69) is 62.3 Å². The molecule has 0 bridgehead atoms. The quantitative estimate of drug-likeness (QED) is 0.871. The van der Waals surface area contributed by atoms with Gasteiger partial charge in [0.05, 0.1) is 13.2 Å². The molecule has 0 saturated carbocycles. The number of hydrogen-bond acceptors (Lipinski definition) is 3. The second-order valence-electron chi connectivity index (χ2n) is 6.28. The van der Waals surface area contributed by atoms with Gasteiger partial charge in [-0.1, -0.05) is 31.2 Å². The number of rotatable bonds is 6. The molecule has 1 aliphatic rings. The Bertz CT molecular complexity index is 443. The van der Waals surface area contributed by atoms with E-state index in [0.29, 0.717) is 6.04 Å². The maximum absolute atomic E-state index is 5.53. The Morgan fingerprint density at radius 3 is 2.52 bits per heavy atom. The fourth-order valence-corrected chi connectivity index (χ4v) is 3.46. The molecule has 0 aliphatic carbocycles. The number of morpholine rings is 1. The van der Waals surface area contributed by atoms with Crippen molar-refractivity contribution in [1.82, 2.24) is 10.2 Å². The molecular weight excluding hydrogens is 260 g/mol. The van der Waals surface area contributed by atoms with Gasteiger partial charge in [0.2, 0.25) is 0 Å². The van der Waals surface area contributed by atoms with Crippen LogP contribution in [0.1, 0.15) is 31.4 Å². The van der Waals surface area contributed by atoms with E-state index in [4.69, 9.17) is 4.74 Å². The lowest BCUT2D eigenvalue weighted by atomic mass is 9.82. The third-order valence-electron chi connectivity index (χ3n) is 5.23. The van der Waals surface area contributed by atoms with Gasteiger partial charge in [-0.15, -0.1) is 0 Å². The predicted molar refractivity (Wildman–Crippen MR) is 88.8 cm³/mol. The van der Waals surface area contributed by atoms with Gasteiger partial charge in [-0.05, 0) is 44.9 Å². The SMILES string of the molecule is CCC(C)(C(Cc1ccccc1C)NC)N1CCOCC1. The summed E-state index contributed by atoms with van der Waals surface area (Å²) in [6, 6.07) is 9.18. The average molecular weight is 290 g/mol. The molecule has 1 fully saturated rings. The molecule has 3 nitrogen and oxygen atoms in total. The summed E-state index contributed by atoms with van der Waals surface area (Å²) in [5.41, 5.74) is 3.00. The van der Waals surface area contributed by atoms with E-state index in [1.165, 1.54) is 11.1 Å². The number of nitrogens with one attached hydrogen (secondary N) is 1. The van der Waals surface area contributed by atoms with Crippen molar-refractivity contribution < 1.29 is 4.74 Å². The van der Waals surface area contributed by atoms with E-state index in [0.717, 1.165) is 39.1 Å². The number of likely N-dealkylation sites (N-methyl/N-ethyl adjacent to an activating group) is 1. The number of hydrogen-bond donors (Lipinski definition) is 1. The van der Waals surface area contributed by atoms with Crippen LogP contribution in [0.2, 0.25) is 0 Å². The Balaban J connectivity index is 2.18. The first-order valence-corrected chi connectivity index (χ1v) is 8.16. The maximum atomic E-state index is 5.53. The Kier molecular flexibility index (Phi) is 5.80. The van der Waals surface area contributed by atoms with Crippen LogP contribution in [0.3, 0.4) is 0 Å². The Morgan fingerprint density at radius 2 is 1.95 bits per heavy atom. The smallest absolute Gasteiger partial charge is 0.0594 e. The normalized spacial score (nSPS) is 21.0. The lowest BCUT2D eigenvalue weighted by molar-refractivity contribution is -0.0313. The molecule has 1 saturated heterocycles. The lowest BCUT2D eigenvalue weighted by Crippen LogP contribution is -2.62. The highest BCUT2D eigenvalue weighted by Crippen LogP contribution is 2.27. The highest BCUT2D eigenvalue weighted by atomic mass is 16.5. The molecule has 0 spiro atoms. The highest BCUT2D eigenvalue weighted by Gasteiger charge is 2.38. The molecular formula is C18H30N2O. The van der Waals surface area contributed by atoms with Crippen molar-refractivity contribution >= 4 is 0 Å². The first-order chi connectivity index (χ1) is 10.1. The van der Waals surface area contributed by atoms with E-state index in [1.807, 2.05) is 0 Å². The second kappa shape index (κ2) is 7.39. The van der Waals surface area contributed by atoms with Crippen molar-refractivity contribution in [2.24, 2.45) is 0 Å². The summed E-state index contributed by atoms with van der Waals surface area (Å²) in [7, 11) is 2.09. The van der Waals surface area contributed by atoms with Crippen molar-refractivity contribution in [3.05, 3.63) is 35.4 Å². The third-order valence-corrected chi connectivity index (χ3v) is 5.23. The zero-order chi connectivity index (χ0) is 15.3. The first kappa shape index (κ1) is 16.5. The topological polar surface area (TPSA) is 24.5 Å². The van der Waals surface area contributed by atoms with Crippen LogP contribution in [-0.2, 0) is 11.2 Å². The molecule has 1 aromatic rings. The lowest BCUT2D eigenvalue weighted by Gasteiger charge is -2.48. The van der Waals surface area contributed by atoms with Gasteiger partial charge >= 0.3 is 0 Å².